The van der Waals surface area contributed by atoms with Gasteiger partial charge >= 0.3 is 0 Å². The van der Waals surface area contributed by atoms with Crippen LogP contribution in [0.25, 0.3) is 0 Å². The zero-order valence-electron chi connectivity index (χ0n) is 9.65. The smallest absolute Gasteiger partial charge is 0.220 e. The molecule has 20 heavy (non-hydrogen) atoms. The van der Waals surface area contributed by atoms with Crippen LogP contribution in [0.1, 0.15) is 5.56 Å². The Hall–Kier alpha value is -1.31. The Balaban J connectivity index is 2.43. The van der Waals surface area contributed by atoms with Crippen molar-refractivity contribution in [2.45, 2.75) is 10.9 Å². The minimum absolute atomic E-state index is 0.164. The lowest BCUT2D eigenvalue weighted by molar-refractivity contribution is 0.501. The molecule has 0 amide bonds. The molecule has 0 N–H and O–H groups in total. The van der Waals surface area contributed by atoms with Gasteiger partial charge in [-0.1, -0.05) is 35.3 Å². The van der Waals surface area contributed by atoms with Gasteiger partial charge in [0.25, 0.3) is 0 Å². The third-order valence-corrected chi connectivity index (χ3v) is 4.12. The van der Waals surface area contributed by atoms with Gasteiger partial charge in [0.05, 0.1) is 5.75 Å². The molecule has 0 aliphatic carbocycles. The molecule has 0 radical (unpaired) electrons. The maximum Gasteiger partial charge on any atom is 0.250 e. The van der Waals surface area contributed by atoms with Crippen molar-refractivity contribution in [1.82, 2.24) is 9.97 Å². The predicted molar refractivity (Wildman–Crippen MR) is 69.3 cm³/mol. The lowest BCUT2D eigenvalue weighted by Gasteiger charge is -2.05. The highest BCUT2D eigenvalue weighted by atomic mass is 35.5. The fraction of sp³-hybridized carbons (Fsp3) is 0.0909. The second-order valence-electron chi connectivity index (χ2n) is 3.77. The van der Waals surface area contributed by atoms with Crippen molar-refractivity contribution >= 4 is 33.0 Å². The van der Waals surface area contributed by atoms with Gasteiger partial charge in [0, 0.05) is 11.6 Å². The molecule has 0 spiro atoms. The average molecular weight is 339 g/mol. The van der Waals surface area contributed by atoms with Gasteiger partial charge in [-0.15, -0.1) is 0 Å². The van der Waals surface area contributed by atoms with Crippen LogP contribution in [-0.2, 0) is 15.6 Å². The molecule has 9 heteroatoms. The van der Waals surface area contributed by atoms with Crippen molar-refractivity contribution in [2.24, 2.45) is 0 Å². The van der Waals surface area contributed by atoms with E-state index in [1.165, 1.54) is 6.07 Å². The van der Waals surface area contributed by atoms with E-state index < -0.39 is 32.4 Å². The summed E-state index contributed by atoms with van der Waals surface area (Å²) in [6.07, 6.45) is 0. The van der Waals surface area contributed by atoms with Gasteiger partial charge in [-0.3, -0.25) is 0 Å². The van der Waals surface area contributed by atoms with E-state index in [9.17, 15) is 17.2 Å². The van der Waals surface area contributed by atoms with E-state index in [2.05, 4.69) is 9.97 Å². The molecule has 0 saturated heterocycles. The van der Waals surface area contributed by atoms with Crippen LogP contribution in [0.5, 0.6) is 0 Å². The van der Waals surface area contributed by atoms with Gasteiger partial charge in [-0.05, 0) is 6.07 Å². The molecule has 0 saturated carbocycles. The highest BCUT2D eigenvalue weighted by Gasteiger charge is 2.23. The molecule has 1 aromatic heterocycles. The first-order valence-electron chi connectivity index (χ1n) is 5.15. The number of hydrogen-bond donors (Lipinski definition) is 0. The van der Waals surface area contributed by atoms with Crippen LogP contribution in [0.15, 0.2) is 29.4 Å². The molecule has 0 bridgehead atoms. The largest absolute Gasteiger partial charge is 0.250 e. The van der Waals surface area contributed by atoms with Gasteiger partial charge in [0.1, 0.15) is 10.3 Å². The van der Waals surface area contributed by atoms with Crippen molar-refractivity contribution in [3.05, 3.63) is 51.8 Å². The van der Waals surface area contributed by atoms with E-state index >= 15 is 0 Å². The summed E-state index contributed by atoms with van der Waals surface area (Å²) in [5, 5.41) is -0.967. The second kappa shape index (κ2) is 5.59. The summed E-state index contributed by atoms with van der Waals surface area (Å²) in [6, 6.07) is 4.40. The number of nitrogens with zero attached hydrogens (tertiary/aromatic N) is 2. The summed E-state index contributed by atoms with van der Waals surface area (Å²) < 4.78 is 50.6. The minimum Gasteiger partial charge on any atom is -0.220 e. The van der Waals surface area contributed by atoms with E-state index in [0.717, 1.165) is 18.2 Å². The molecule has 0 unspecified atom stereocenters. The van der Waals surface area contributed by atoms with Gasteiger partial charge in [0.15, 0.2) is 11.6 Å². The molecule has 2 aromatic rings. The molecule has 0 aliphatic heterocycles. The molecule has 4 nitrogen and oxygen atoms in total. The lowest BCUT2D eigenvalue weighted by atomic mass is 10.2. The van der Waals surface area contributed by atoms with Crippen molar-refractivity contribution in [3.63, 3.8) is 0 Å². The summed E-state index contributed by atoms with van der Waals surface area (Å²) in [6.45, 7) is 0. The standard InChI is InChI=1S/C11H6Cl2F2N2O2S/c12-8-4-9(13)17-11(16-8)20(18,19)5-6-2-1-3-7(14)10(6)15/h1-4H,5H2. The molecule has 0 aliphatic rings. The number of sulfone groups is 1. The number of hydrogen-bond acceptors (Lipinski definition) is 4. The Morgan fingerprint density at radius 2 is 1.70 bits per heavy atom. The van der Waals surface area contributed by atoms with E-state index in [4.69, 9.17) is 23.2 Å². The summed E-state index contributed by atoms with van der Waals surface area (Å²) >= 11 is 11.2. The van der Waals surface area contributed by atoms with Crippen LogP contribution in [0, 0.1) is 11.6 Å². The van der Waals surface area contributed by atoms with Crippen LogP contribution >= 0.6 is 23.2 Å². The first-order valence-corrected chi connectivity index (χ1v) is 7.56. The maximum absolute atomic E-state index is 13.5. The molecule has 0 fully saturated rings. The monoisotopic (exact) mass is 338 g/mol. The number of aromatic nitrogens is 2. The van der Waals surface area contributed by atoms with Gasteiger partial charge in [-0.2, -0.15) is 0 Å². The first kappa shape index (κ1) is 15.1. The van der Waals surface area contributed by atoms with E-state index in [1.54, 1.807) is 0 Å². The molecule has 0 atom stereocenters. The fourth-order valence-corrected chi connectivity index (χ4v) is 3.20. The zero-order valence-corrected chi connectivity index (χ0v) is 12.0. The third kappa shape index (κ3) is 3.23. The Morgan fingerprint density at radius 3 is 2.30 bits per heavy atom. The van der Waals surface area contributed by atoms with Crippen LogP contribution in [0.4, 0.5) is 8.78 Å². The van der Waals surface area contributed by atoms with E-state index in [-0.39, 0.29) is 15.9 Å². The Bertz CT molecular complexity index is 749. The average Bonchev–Trinajstić information content (AvgIpc) is 2.33. The number of rotatable bonds is 3. The van der Waals surface area contributed by atoms with Gasteiger partial charge < -0.3 is 0 Å². The normalized spacial score (nSPS) is 11.6. The Labute approximate surface area is 123 Å². The van der Waals surface area contributed by atoms with Crippen LogP contribution in [0.3, 0.4) is 0 Å². The number of benzene rings is 1. The van der Waals surface area contributed by atoms with E-state index in [1.807, 2.05) is 0 Å². The molecule has 2 rings (SSSR count). The van der Waals surface area contributed by atoms with Gasteiger partial charge in [0.2, 0.25) is 15.0 Å². The fourth-order valence-electron chi connectivity index (χ4n) is 1.44. The van der Waals surface area contributed by atoms with Crippen molar-refractivity contribution in [3.8, 4) is 0 Å². The Morgan fingerprint density at radius 1 is 1.10 bits per heavy atom. The highest BCUT2D eigenvalue weighted by Crippen LogP contribution is 2.20. The first-order chi connectivity index (χ1) is 9.29. The summed E-state index contributed by atoms with van der Waals surface area (Å²) in [5.41, 5.74) is -0.329. The van der Waals surface area contributed by atoms with Crippen molar-refractivity contribution in [2.75, 3.05) is 0 Å². The molecule has 1 aromatic carbocycles. The van der Waals surface area contributed by atoms with Gasteiger partial charge in [-0.25, -0.2) is 27.2 Å². The van der Waals surface area contributed by atoms with E-state index in [0.29, 0.717) is 0 Å². The topological polar surface area (TPSA) is 59.9 Å². The minimum atomic E-state index is -4.10. The third-order valence-electron chi connectivity index (χ3n) is 2.30. The molecular formula is C11H6Cl2F2N2O2S. The SMILES string of the molecule is O=S(=O)(Cc1cccc(F)c1F)c1nc(Cl)cc(Cl)n1. The predicted octanol–water partition coefficient (Wildman–Crippen LogP) is 3.04. The molecule has 106 valence electrons. The Kier molecular flexibility index (Phi) is 4.22. The summed E-state index contributed by atoms with van der Waals surface area (Å²) in [4.78, 5) is 7.04. The van der Waals surface area contributed by atoms with Crippen LogP contribution < -0.4 is 0 Å². The van der Waals surface area contributed by atoms with Crippen molar-refractivity contribution in [1.29, 1.82) is 0 Å². The summed E-state index contributed by atoms with van der Waals surface area (Å²) in [7, 11) is -4.10. The molecule has 1 heterocycles. The van der Waals surface area contributed by atoms with Crippen molar-refractivity contribution < 1.29 is 17.2 Å². The molecular weight excluding hydrogens is 333 g/mol. The quantitative estimate of drug-likeness (QED) is 0.637. The highest BCUT2D eigenvalue weighted by molar-refractivity contribution is 7.90. The zero-order chi connectivity index (χ0) is 14.9. The van der Waals surface area contributed by atoms with Crippen LogP contribution in [-0.4, -0.2) is 18.4 Å². The lowest BCUT2D eigenvalue weighted by Crippen LogP contribution is -2.11. The van der Waals surface area contributed by atoms with Crippen LogP contribution in [0.2, 0.25) is 10.3 Å². The second-order valence-corrected chi connectivity index (χ2v) is 6.43. The maximum atomic E-state index is 13.5. The number of halogens is 4. The summed E-state index contributed by atoms with van der Waals surface area (Å²) in [5.74, 6) is -3.17.